The largest absolute Gasteiger partial charge is 0.466 e. The first-order valence-corrected chi connectivity index (χ1v) is 14.5. The molecule has 0 atom stereocenters. The van der Waals surface area contributed by atoms with E-state index in [0.717, 1.165) is 10.5 Å². The van der Waals surface area contributed by atoms with Gasteiger partial charge in [0.25, 0.3) is 9.28 Å². The average Bonchev–Trinajstić information content (AvgIpc) is 2.06. The summed E-state index contributed by atoms with van der Waals surface area (Å²) in [6, 6.07) is 0. The van der Waals surface area contributed by atoms with E-state index in [1.165, 1.54) is 0 Å². The van der Waals surface area contributed by atoms with E-state index in [1.54, 1.807) is 0 Å². The molecule has 3 nitrogen and oxygen atoms in total. The fourth-order valence-electron chi connectivity index (χ4n) is 0.518. The second-order valence-corrected chi connectivity index (χ2v) is 11.7. The van der Waals surface area contributed by atoms with Crippen LogP contribution in [0.15, 0.2) is 0 Å². The molecule has 0 amide bonds. The van der Waals surface area contributed by atoms with Gasteiger partial charge in [-0.1, -0.05) is 13.1 Å². The SMILES string of the molecule is C[SiH2]O[SiH](C)O[SiH2]C.C[SiH](C)O[SiH3]. The van der Waals surface area contributed by atoms with Gasteiger partial charge >= 0.3 is 0 Å². The minimum absolute atomic E-state index is 0.195. The zero-order valence-corrected chi connectivity index (χ0v) is 16.9. The molecule has 0 unspecified atom stereocenters. The van der Waals surface area contributed by atoms with Crippen molar-refractivity contribution in [1.82, 2.24) is 0 Å². The van der Waals surface area contributed by atoms with Crippen LogP contribution < -0.4 is 0 Å². The highest BCUT2D eigenvalue weighted by Gasteiger charge is 1.99. The van der Waals surface area contributed by atoms with Crippen LogP contribution in [-0.2, 0) is 12.3 Å². The molecule has 0 aliphatic rings. The number of hydrogen-bond donors (Lipinski definition) is 0. The van der Waals surface area contributed by atoms with Crippen molar-refractivity contribution in [2.75, 3.05) is 0 Å². The van der Waals surface area contributed by atoms with E-state index in [1.807, 2.05) is 0 Å². The Morgan fingerprint density at radius 1 is 1.00 bits per heavy atom. The molecular formula is C5H24O3Si5. The molecule has 8 heteroatoms. The van der Waals surface area contributed by atoms with Gasteiger partial charge in [-0.3, -0.25) is 0 Å². The van der Waals surface area contributed by atoms with Gasteiger partial charge in [0.15, 0.2) is 9.04 Å². The van der Waals surface area contributed by atoms with Crippen LogP contribution in [0.4, 0.5) is 0 Å². The zero-order chi connectivity index (χ0) is 10.7. The highest BCUT2D eigenvalue weighted by atomic mass is 28.4. The Kier molecular flexibility index (Phi) is 16.4. The van der Waals surface area contributed by atoms with Gasteiger partial charge < -0.3 is 12.3 Å². The van der Waals surface area contributed by atoms with Crippen molar-refractivity contribution in [3.05, 3.63) is 0 Å². The van der Waals surface area contributed by atoms with Crippen LogP contribution in [-0.4, -0.2) is 48.3 Å². The van der Waals surface area contributed by atoms with Gasteiger partial charge in [-0.15, -0.1) is 0 Å². The molecule has 0 aromatic rings. The summed E-state index contributed by atoms with van der Waals surface area (Å²) in [4.78, 5) is 0. The second kappa shape index (κ2) is 13.0. The topological polar surface area (TPSA) is 27.7 Å². The first-order chi connectivity index (χ1) is 6.08. The Balaban J connectivity index is 0. The van der Waals surface area contributed by atoms with Gasteiger partial charge in [-0.25, -0.2) is 0 Å². The molecule has 0 fully saturated rings. The standard InChI is InChI=1S/C3H14O2Si3.C2H10OSi2/c1-6-4-8(3)5-7-2;1-5(2)3-4/h8H,6-7H2,1-3H3;5H,1-2,4H3. The molecule has 0 saturated heterocycles. The lowest BCUT2D eigenvalue weighted by Gasteiger charge is -2.08. The Bertz CT molecular complexity index is 88.2. The van der Waals surface area contributed by atoms with E-state index < -0.39 is 18.3 Å². The third-order valence-electron chi connectivity index (χ3n) is 1.27. The van der Waals surface area contributed by atoms with Gasteiger partial charge in [-0.05, 0) is 19.6 Å². The summed E-state index contributed by atoms with van der Waals surface area (Å²) >= 11 is 0. The lowest BCUT2D eigenvalue weighted by Crippen LogP contribution is -2.20. The maximum atomic E-state index is 5.37. The Labute approximate surface area is 93.6 Å². The summed E-state index contributed by atoms with van der Waals surface area (Å²) in [7, 11) is -1.12. The Morgan fingerprint density at radius 2 is 1.31 bits per heavy atom. The highest BCUT2D eigenvalue weighted by molar-refractivity contribution is 6.56. The predicted octanol–water partition coefficient (Wildman–Crippen LogP) is -1.60. The smallest absolute Gasteiger partial charge is 0.296 e. The maximum absolute atomic E-state index is 5.37. The molecular weight excluding hydrogens is 248 g/mol. The Morgan fingerprint density at radius 3 is 1.46 bits per heavy atom. The van der Waals surface area contributed by atoms with Crippen molar-refractivity contribution in [1.29, 1.82) is 0 Å². The molecule has 0 aromatic carbocycles. The quantitative estimate of drug-likeness (QED) is 0.565. The summed E-state index contributed by atoms with van der Waals surface area (Å²) in [6.07, 6.45) is 0. The third-order valence-corrected chi connectivity index (χ3v) is 11.5. The van der Waals surface area contributed by atoms with Crippen molar-refractivity contribution in [3.63, 3.8) is 0 Å². The molecule has 13 heavy (non-hydrogen) atoms. The van der Waals surface area contributed by atoms with Crippen molar-refractivity contribution in [3.8, 4) is 0 Å². The van der Waals surface area contributed by atoms with Crippen LogP contribution in [0.5, 0.6) is 0 Å². The molecule has 0 radical (unpaired) electrons. The zero-order valence-electron chi connectivity index (χ0n) is 9.79. The first-order valence-electron chi connectivity index (χ1n) is 4.84. The van der Waals surface area contributed by atoms with Crippen LogP contribution in [0.25, 0.3) is 0 Å². The molecule has 0 heterocycles. The van der Waals surface area contributed by atoms with Gasteiger partial charge in [0.1, 0.15) is 30.0 Å². The van der Waals surface area contributed by atoms with E-state index in [2.05, 4.69) is 32.7 Å². The van der Waals surface area contributed by atoms with Crippen molar-refractivity contribution < 1.29 is 12.3 Å². The highest BCUT2D eigenvalue weighted by Crippen LogP contribution is 1.83. The minimum Gasteiger partial charge on any atom is -0.466 e. The van der Waals surface area contributed by atoms with Crippen LogP contribution in [0, 0.1) is 0 Å². The summed E-state index contributed by atoms with van der Waals surface area (Å²) in [5, 5.41) is 0. The van der Waals surface area contributed by atoms with E-state index in [9.17, 15) is 0 Å². The molecule has 0 rings (SSSR count). The summed E-state index contributed by atoms with van der Waals surface area (Å²) in [6.45, 7) is 10.7. The molecule has 0 bridgehead atoms. The van der Waals surface area contributed by atoms with Crippen LogP contribution in [0.2, 0.25) is 32.7 Å². The van der Waals surface area contributed by atoms with E-state index in [4.69, 9.17) is 12.3 Å². The second-order valence-electron chi connectivity index (χ2n) is 2.76. The van der Waals surface area contributed by atoms with E-state index in [-0.39, 0.29) is 19.5 Å². The van der Waals surface area contributed by atoms with Crippen molar-refractivity contribution in [2.24, 2.45) is 0 Å². The normalized spacial score (nSPS) is 14.3. The minimum atomic E-state index is -1.08. The summed E-state index contributed by atoms with van der Waals surface area (Å²) in [5.41, 5.74) is 0. The predicted molar refractivity (Wildman–Crippen MR) is 73.9 cm³/mol. The van der Waals surface area contributed by atoms with Gasteiger partial charge in [0, 0.05) is 0 Å². The molecule has 0 aromatic heterocycles. The molecule has 0 saturated carbocycles. The monoisotopic (exact) mass is 272 g/mol. The van der Waals surface area contributed by atoms with Gasteiger partial charge in [-0.2, -0.15) is 0 Å². The molecule has 0 aliphatic carbocycles. The summed E-state index contributed by atoms with van der Waals surface area (Å²) in [5.74, 6) is 0. The average molecular weight is 273 g/mol. The lowest BCUT2D eigenvalue weighted by molar-refractivity contribution is 0.466. The van der Waals surface area contributed by atoms with Gasteiger partial charge in [0.05, 0.1) is 0 Å². The fraction of sp³-hybridized carbons (Fsp3) is 1.00. The molecule has 0 spiro atoms. The van der Waals surface area contributed by atoms with Crippen LogP contribution in [0.1, 0.15) is 0 Å². The van der Waals surface area contributed by atoms with E-state index in [0.29, 0.717) is 0 Å². The third kappa shape index (κ3) is 19.4. The van der Waals surface area contributed by atoms with E-state index >= 15 is 0 Å². The number of rotatable bonds is 5. The number of hydrogen-bond acceptors (Lipinski definition) is 3. The Hall–Kier alpha value is 0.964. The molecule has 0 aliphatic heterocycles. The van der Waals surface area contributed by atoms with Crippen molar-refractivity contribution >= 4 is 48.3 Å². The fourth-order valence-corrected chi connectivity index (χ4v) is 5.52. The summed E-state index contributed by atoms with van der Waals surface area (Å²) < 4.78 is 15.8. The van der Waals surface area contributed by atoms with Crippen LogP contribution >= 0.6 is 0 Å². The maximum Gasteiger partial charge on any atom is 0.296 e. The molecule has 82 valence electrons. The van der Waals surface area contributed by atoms with Gasteiger partial charge in [0.2, 0.25) is 0 Å². The lowest BCUT2D eigenvalue weighted by atomic mass is 11.9. The van der Waals surface area contributed by atoms with Crippen molar-refractivity contribution in [2.45, 2.75) is 32.7 Å². The molecule has 0 N–H and O–H groups in total. The van der Waals surface area contributed by atoms with Crippen LogP contribution in [0.3, 0.4) is 0 Å². The first kappa shape index (κ1) is 16.4.